The number of nitrogens with one attached hydrogen (secondary N) is 1. The van der Waals surface area contributed by atoms with E-state index in [4.69, 9.17) is 10.5 Å². The molecular weight excluding hydrogens is 202 g/mol. The van der Waals surface area contributed by atoms with Crippen molar-refractivity contribution in [1.29, 1.82) is 0 Å². The highest BCUT2D eigenvalue weighted by molar-refractivity contribution is 5.52. The van der Waals surface area contributed by atoms with Crippen LogP contribution in [0.4, 0.5) is 11.5 Å². The fourth-order valence-corrected chi connectivity index (χ4v) is 1.96. The minimum atomic E-state index is 0.0894. The van der Waals surface area contributed by atoms with Crippen molar-refractivity contribution in [3.8, 4) is 0 Å². The predicted octanol–water partition coefficient (Wildman–Crippen LogP) is 1.95. The number of aryl methyl sites for hydroxylation is 1. The lowest BCUT2D eigenvalue weighted by Gasteiger charge is -2.35. The van der Waals surface area contributed by atoms with E-state index >= 15 is 0 Å². The molecule has 1 aromatic heterocycles. The van der Waals surface area contributed by atoms with Crippen molar-refractivity contribution >= 4 is 11.5 Å². The van der Waals surface area contributed by atoms with Gasteiger partial charge in [0.2, 0.25) is 0 Å². The number of hydrogen-bond acceptors (Lipinski definition) is 4. The standard InChI is InChI=1S/C12H19N3O/c1-9-7-10(13)8-14-11(9)15-12(2)3-5-16-6-4-12/h7-8H,3-6,13H2,1-2H3,(H,14,15). The second kappa shape index (κ2) is 4.29. The van der Waals surface area contributed by atoms with Crippen molar-refractivity contribution in [3.63, 3.8) is 0 Å². The van der Waals surface area contributed by atoms with Gasteiger partial charge in [-0.3, -0.25) is 0 Å². The summed E-state index contributed by atoms with van der Waals surface area (Å²) < 4.78 is 5.37. The van der Waals surface area contributed by atoms with Gasteiger partial charge in [0.1, 0.15) is 5.82 Å². The maximum absolute atomic E-state index is 5.68. The van der Waals surface area contributed by atoms with E-state index in [0.29, 0.717) is 5.69 Å². The summed E-state index contributed by atoms with van der Waals surface area (Å²) in [5, 5.41) is 3.51. The van der Waals surface area contributed by atoms with Gasteiger partial charge in [-0.2, -0.15) is 0 Å². The van der Waals surface area contributed by atoms with Crippen molar-refractivity contribution in [2.75, 3.05) is 24.3 Å². The van der Waals surface area contributed by atoms with Gasteiger partial charge in [-0.05, 0) is 38.3 Å². The molecule has 0 amide bonds. The summed E-state index contributed by atoms with van der Waals surface area (Å²) in [5.74, 6) is 0.929. The molecule has 4 nitrogen and oxygen atoms in total. The fraction of sp³-hybridized carbons (Fsp3) is 0.583. The van der Waals surface area contributed by atoms with Gasteiger partial charge in [0.05, 0.1) is 11.9 Å². The second-order valence-electron chi connectivity index (χ2n) is 4.73. The van der Waals surface area contributed by atoms with Gasteiger partial charge in [0, 0.05) is 18.8 Å². The first kappa shape index (κ1) is 11.2. The van der Waals surface area contributed by atoms with E-state index < -0.39 is 0 Å². The minimum absolute atomic E-state index is 0.0894. The molecule has 2 rings (SSSR count). The summed E-state index contributed by atoms with van der Waals surface area (Å²) >= 11 is 0. The van der Waals surface area contributed by atoms with Gasteiger partial charge in [0.15, 0.2) is 0 Å². The smallest absolute Gasteiger partial charge is 0.129 e. The zero-order valence-corrected chi connectivity index (χ0v) is 9.92. The molecule has 0 radical (unpaired) electrons. The highest BCUT2D eigenvalue weighted by atomic mass is 16.5. The Hall–Kier alpha value is -1.29. The van der Waals surface area contributed by atoms with Gasteiger partial charge in [0.25, 0.3) is 0 Å². The van der Waals surface area contributed by atoms with Gasteiger partial charge < -0.3 is 15.8 Å². The van der Waals surface area contributed by atoms with Crippen LogP contribution in [0.5, 0.6) is 0 Å². The van der Waals surface area contributed by atoms with Crippen LogP contribution in [-0.4, -0.2) is 23.7 Å². The lowest BCUT2D eigenvalue weighted by molar-refractivity contribution is 0.0657. The Kier molecular flexibility index (Phi) is 3.01. The molecule has 0 aromatic carbocycles. The number of nitrogens with two attached hydrogens (primary N) is 1. The summed E-state index contributed by atoms with van der Waals surface area (Å²) in [4.78, 5) is 4.34. The average Bonchev–Trinajstić information content (AvgIpc) is 2.23. The highest BCUT2D eigenvalue weighted by Gasteiger charge is 2.27. The number of nitrogens with zero attached hydrogens (tertiary/aromatic N) is 1. The molecule has 1 aromatic rings. The van der Waals surface area contributed by atoms with E-state index in [9.17, 15) is 0 Å². The normalized spacial score (nSPS) is 19.4. The SMILES string of the molecule is Cc1cc(N)cnc1NC1(C)CCOCC1. The van der Waals surface area contributed by atoms with Gasteiger partial charge in [-0.1, -0.05) is 0 Å². The Balaban J connectivity index is 2.13. The highest BCUT2D eigenvalue weighted by Crippen LogP contribution is 2.26. The number of rotatable bonds is 2. The molecule has 1 fully saturated rings. The number of hydrogen-bond donors (Lipinski definition) is 2. The number of pyridine rings is 1. The quantitative estimate of drug-likeness (QED) is 0.801. The first-order chi connectivity index (χ1) is 7.59. The minimum Gasteiger partial charge on any atom is -0.397 e. The maximum atomic E-state index is 5.68. The monoisotopic (exact) mass is 221 g/mol. The van der Waals surface area contributed by atoms with Crippen molar-refractivity contribution in [1.82, 2.24) is 4.98 Å². The van der Waals surface area contributed by atoms with Crippen LogP contribution in [0.1, 0.15) is 25.3 Å². The van der Waals surface area contributed by atoms with Crippen molar-refractivity contribution in [3.05, 3.63) is 17.8 Å². The molecule has 0 spiro atoms. The van der Waals surface area contributed by atoms with E-state index in [2.05, 4.69) is 17.2 Å². The number of ether oxygens (including phenoxy) is 1. The van der Waals surface area contributed by atoms with Crippen molar-refractivity contribution in [2.45, 2.75) is 32.2 Å². The van der Waals surface area contributed by atoms with Crippen LogP contribution in [0.3, 0.4) is 0 Å². The molecule has 1 aliphatic heterocycles. The number of aromatic nitrogens is 1. The van der Waals surface area contributed by atoms with Crippen LogP contribution < -0.4 is 11.1 Å². The molecule has 88 valence electrons. The summed E-state index contributed by atoms with van der Waals surface area (Å²) in [7, 11) is 0. The maximum Gasteiger partial charge on any atom is 0.129 e. The van der Waals surface area contributed by atoms with Crippen LogP contribution in [-0.2, 0) is 4.74 Å². The van der Waals surface area contributed by atoms with Crippen molar-refractivity contribution in [2.24, 2.45) is 0 Å². The second-order valence-corrected chi connectivity index (χ2v) is 4.73. The lowest BCUT2D eigenvalue weighted by Crippen LogP contribution is -2.41. The molecule has 2 heterocycles. The summed E-state index contributed by atoms with van der Waals surface area (Å²) in [6, 6.07) is 1.94. The van der Waals surface area contributed by atoms with Crippen LogP contribution in [0.15, 0.2) is 12.3 Å². The Bertz CT molecular complexity index is 373. The molecule has 0 atom stereocenters. The Morgan fingerprint density at radius 3 is 2.75 bits per heavy atom. The number of anilines is 2. The average molecular weight is 221 g/mol. The first-order valence-corrected chi connectivity index (χ1v) is 5.67. The van der Waals surface area contributed by atoms with Crippen LogP contribution >= 0.6 is 0 Å². The third-order valence-corrected chi connectivity index (χ3v) is 3.12. The molecular formula is C12H19N3O. The molecule has 0 unspecified atom stereocenters. The summed E-state index contributed by atoms with van der Waals surface area (Å²) in [6.45, 7) is 5.87. The van der Waals surface area contributed by atoms with E-state index in [-0.39, 0.29) is 5.54 Å². The largest absolute Gasteiger partial charge is 0.397 e. The van der Waals surface area contributed by atoms with Gasteiger partial charge >= 0.3 is 0 Å². The van der Waals surface area contributed by atoms with E-state index in [0.717, 1.165) is 37.4 Å². The first-order valence-electron chi connectivity index (χ1n) is 5.67. The Morgan fingerprint density at radius 1 is 1.44 bits per heavy atom. The van der Waals surface area contributed by atoms with Crippen LogP contribution in [0.2, 0.25) is 0 Å². The summed E-state index contributed by atoms with van der Waals surface area (Å²) in [6.07, 6.45) is 3.72. The van der Waals surface area contributed by atoms with Gasteiger partial charge in [-0.15, -0.1) is 0 Å². The zero-order valence-electron chi connectivity index (χ0n) is 9.92. The van der Waals surface area contributed by atoms with Crippen LogP contribution in [0, 0.1) is 6.92 Å². The molecule has 1 aliphatic rings. The predicted molar refractivity (Wildman–Crippen MR) is 65.5 cm³/mol. The van der Waals surface area contributed by atoms with Crippen LogP contribution in [0.25, 0.3) is 0 Å². The fourth-order valence-electron chi connectivity index (χ4n) is 1.96. The molecule has 4 heteroatoms. The summed E-state index contributed by atoms with van der Waals surface area (Å²) in [5.41, 5.74) is 7.57. The van der Waals surface area contributed by atoms with E-state index in [1.54, 1.807) is 6.20 Å². The third kappa shape index (κ3) is 2.44. The third-order valence-electron chi connectivity index (χ3n) is 3.12. The topological polar surface area (TPSA) is 60.2 Å². The number of nitrogen functional groups attached to an aromatic ring is 1. The lowest BCUT2D eigenvalue weighted by atomic mass is 9.92. The molecule has 0 saturated carbocycles. The molecule has 3 N–H and O–H groups in total. The molecule has 0 aliphatic carbocycles. The molecule has 0 bridgehead atoms. The van der Waals surface area contributed by atoms with Gasteiger partial charge in [-0.25, -0.2) is 4.98 Å². The van der Waals surface area contributed by atoms with Crippen molar-refractivity contribution < 1.29 is 4.74 Å². The molecule has 1 saturated heterocycles. The van der Waals surface area contributed by atoms with E-state index in [1.807, 2.05) is 13.0 Å². The molecule has 16 heavy (non-hydrogen) atoms. The Morgan fingerprint density at radius 2 is 2.12 bits per heavy atom. The van der Waals surface area contributed by atoms with E-state index in [1.165, 1.54) is 0 Å². The Labute approximate surface area is 96.2 Å². The zero-order chi connectivity index (χ0) is 11.6.